The zero-order valence-corrected chi connectivity index (χ0v) is 14.2. The van der Waals surface area contributed by atoms with Crippen LogP contribution < -0.4 is 10.0 Å². The normalized spacial score (nSPS) is 14.7. The zero-order chi connectivity index (χ0) is 16.4. The van der Waals surface area contributed by atoms with E-state index < -0.39 is 10.0 Å². The van der Waals surface area contributed by atoms with E-state index in [9.17, 15) is 13.2 Å². The Labute approximate surface area is 139 Å². The monoisotopic (exact) mass is 351 g/mol. The predicted octanol–water partition coefficient (Wildman–Crippen LogP) is 1.82. The number of nitrogens with one attached hydrogen (secondary N) is 2. The number of amides is 1. The molecule has 0 aliphatic heterocycles. The first-order chi connectivity index (χ1) is 10.9. The molecule has 0 bridgehead atoms. The van der Waals surface area contributed by atoms with Crippen LogP contribution in [0, 0.1) is 6.92 Å². The highest BCUT2D eigenvalue weighted by molar-refractivity contribution is 7.89. The number of nitrogens with zero attached hydrogens (tertiary/aromatic N) is 1. The van der Waals surface area contributed by atoms with Crippen molar-refractivity contribution in [3.8, 4) is 0 Å². The molecule has 0 unspecified atom stereocenters. The topological polar surface area (TPSA) is 88.2 Å². The molecule has 1 aromatic carbocycles. The Balaban J connectivity index is 1.63. The average Bonchev–Trinajstić information content (AvgIpc) is 3.23. The van der Waals surface area contributed by atoms with Gasteiger partial charge in [0.1, 0.15) is 0 Å². The van der Waals surface area contributed by atoms with Gasteiger partial charge in [-0.05, 0) is 44.0 Å². The minimum absolute atomic E-state index is 0.0610. The first-order valence-electron chi connectivity index (χ1n) is 7.26. The summed E-state index contributed by atoms with van der Waals surface area (Å²) in [5, 5.41) is 3.75. The minimum atomic E-state index is -3.48. The molecule has 8 heteroatoms. The molecule has 1 aromatic heterocycles. The second-order valence-electron chi connectivity index (χ2n) is 5.45. The molecule has 0 saturated heterocycles. The Morgan fingerprint density at radius 2 is 2.00 bits per heavy atom. The SMILES string of the molecule is Cc1ncc(CNC(=O)c2ccc(S(=O)(=O)NC3CC3)cc2)s1. The van der Waals surface area contributed by atoms with Gasteiger partial charge >= 0.3 is 0 Å². The quantitative estimate of drug-likeness (QED) is 0.831. The van der Waals surface area contributed by atoms with E-state index in [4.69, 9.17) is 0 Å². The third kappa shape index (κ3) is 4.15. The molecule has 0 atom stereocenters. The summed E-state index contributed by atoms with van der Waals surface area (Å²) >= 11 is 1.53. The van der Waals surface area contributed by atoms with E-state index >= 15 is 0 Å². The smallest absolute Gasteiger partial charge is 0.251 e. The molecule has 1 amide bonds. The predicted molar refractivity (Wildman–Crippen MR) is 87.8 cm³/mol. The summed E-state index contributed by atoms with van der Waals surface area (Å²) < 4.78 is 26.7. The lowest BCUT2D eigenvalue weighted by molar-refractivity contribution is 0.0951. The molecule has 122 valence electrons. The third-order valence-electron chi connectivity index (χ3n) is 3.42. The van der Waals surface area contributed by atoms with Gasteiger partial charge in [0.05, 0.1) is 16.4 Å². The Bertz CT molecular complexity index is 809. The summed E-state index contributed by atoms with van der Waals surface area (Å²) in [5.41, 5.74) is 0.427. The van der Waals surface area contributed by atoms with Crippen molar-refractivity contribution in [1.29, 1.82) is 0 Å². The van der Waals surface area contributed by atoms with Gasteiger partial charge in [0, 0.05) is 22.7 Å². The van der Waals surface area contributed by atoms with Crippen LogP contribution in [-0.4, -0.2) is 25.4 Å². The summed E-state index contributed by atoms with van der Waals surface area (Å²) in [6.07, 6.45) is 3.51. The lowest BCUT2D eigenvalue weighted by Crippen LogP contribution is -2.26. The van der Waals surface area contributed by atoms with E-state index in [0.717, 1.165) is 22.7 Å². The number of benzene rings is 1. The van der Waals surface area contributed by atoms with Crippen LogP contribution in [0.4, 0.5) is 0 Å². The summed E-state index contributed by atoms with van der Waals surface area (Å²) in [4.78, 5) is 17.4. The molecule has 2 aromatic rings. The van der Waals surface area contributed by atoms with Crippen LogP contribution >= 0.6 is 11.3 Å². The van der Waals surface area contributed by atoms with Gasteiger partial charge in [-0.2, -0.15) is 0 Å². The highest BCUT2D eigenvalue weighted by Gasteiger charge is 2.27. The summed E-state index contributed by atoms with van der Waals surface area (Å²) in [5.74, 6) is -0.241. The average molecular weight is 351 g/mol. The number of carbonyl (C=O) groups is 1. The molecule has 6 nitrogen and oxygen atoms in total. The summed E-state index contributed by atoms with van der Waals surface area (Å²) in [7, 11) is -3.48. The lowest BCUT2D eigenvalue weighted by atomic mass is 10.2. The number of rotatable bonds is 6. The van der Waals surface area contributed by atoms with Crippen molar-refractivity contribution >= 4 is 27.3 Å². The highest BCUT2D eigenvalue weighted by Crippen LogP contribution is 2.22. The van der Waals surface area contributed by atoms with E-state index in [2.05, 4.69) is 15.0 Å². The van der Waals surface area contributed by atoms with Gasteiger partial charge in [-0.1, -0.05) is 0 Å². The van der Waals surface area contributed by atoms with E-state index in [1.165, 1.54) is 35.6 Å². The van der Waals surface area contributed by atoms with Crippen molar-refractivity contribution in [2.24, 2.45) is 0 Å². The van der Waals surface area contributed by atoms with Crippen molar-refractivity contribution in [2.45, 2.75) is 37.2 Å². The maximum atomic E-state index is 12.1. The van der Waals surface area contributed by atoms with Crippen LogP contribution in [0.2, 0.25) is 0 Å². The Hall–Kier alpha value is -1.77. The Morgan fingerprint density at radius 3 is 2.57 bits per heavy atom. The van der Waals surface area contributed by atoms with E-state index in [-0.39, 0.29) is 16.8 Å². The fraction of sp³-hybridized carbons (Fsp3) is 0.333. The van der Waals surface area contributed by atoms with Gasteiger partial charge in [0.15, 0.2) is 0 Å². The van der Waals surface area contributed by atoms with E-state index in [1.807, 2.05) is 6.92 Å². The number of thiazole rings is 1. The molecular formula is C15H17N3O3S2. The maximum Gasteiger partial charge on any atom is 0.251 e. The molecule has 1 aliphatic rings. The van der Waals surface area contributed by atoms with Gasteiger partial charge in [0.25, 0.3) is 5.91 Å². The van der Waals surface area contributed by atoms with E-state index in [0.29, 0.717) is 12.1 Å². The van der Waals surface area contributed by atoms with Crippen molar-refractivity contribution < 1.29 is 13.2 Å². The number of carbonyl (C=O) groups excluding carboxylic acids is 1. The van der Waals surface area contributed by atoms with Gasteiger partial charge in [-0.25, -0.2) is 18.1 Å². The summed E-state index contributed by atoms with van der Waals surface area (Å²) in [6, 6.07) is 6.02. The van der Waals surface area contributed by atoms with Crippen molar-refractivity contribution in [2.75, 3.05) is 0 Å². The third-order valence-corrected chi connectivity index (χ3v) is 5.87. The van der Waals surface area contributed by atoms with Gasteiger partial charge in [-0.15, -0.1) is 11.3 Å². The largest absolute Gasteiger partial charge is 0.347 e. The van der Waals surface area contributed by atoms with Gasteiger partial charge < -0.3 is 5.32 Å². The molecule has 1 aliphatic carbocycles. The molecule has 0 radical (unpaired) electrons. The molecular weight excluding hydrogens is 334 g/mol. The maximum absolute atomic E-state index is 12.1. The van der Waals surface area contributed by atoms with Crippen LogP contribution in [0.5, 0.6) is 0 Å². The minimum Gasteiger partial charge on any atom is -0.347 e. The molecule has 23 heavy (non-hydrogen) atoms. The van der Waals surface area contributed by atoms with E-state index in [1.54, 1.807) is 6.20 Å². The highest BCUT2D eigenvalue weighted by atomic mass is 32.2. The number of aromatic nitrogens is 1. The second kappa shape index (κ2) is 6.38. The number of hydrogen-bond acceptors (Lipinski definition) is 5. The molecule has 3 rings (SSSR count). The first-order valence-corrected chi connectivity index (χ1v) is 9.56. The summed E-state index contributed by atoms with van der Waals surface area (Å²) in [6.45, 7) is 2.32. The van der Waals surface area contributed by atoms with Crippen molar-refractivity contribution in [3.05, 3.63) is 45.9 Å². The standard InChI is InChI=1S/C15H17N3O3S2/c1-10-16-8-13(22-10)9-17-15(19)11-2-6-14(7-3-11)23(20,21)18-12-4-5-12/h2-3,6-8,12,18H,4-5,9H2,1H3,(H,17,19). The molecule has 0 spiro atoms. The Kier molecular flexibility index (Phi) is 4.47. The number of sulfonamides is 1. The second-order valence-corrected chi connectivity index (χ2v) is 8.48. The van der Waals surface area contributed by atoms with Crippen LogP contribution in [0.25, 0.3) is 0 Å². The van der Waals surface area contributed by atoms with Crippen LogP contribution in [0.1, 0.15) is 33.1 Å². The fourth-order valence-electron chi connectivity index (χ4n) is 2.03. The number of hydrogen-bond donors (Lipinski definition) is 2. The zero-order valence-electron chi connectivity index (χ0n) is 12.6. The number of aryl methyl sites for hydroxylation is 1. The van der Waals surface area contributed by atoms with Crippen LogP contribution in [0.15, 0.2) is 35.4 Å². The van der Waals surface area contributed by atoms with Crippen LogP contribution in [0.3, 0.4) is 0 Å². The Morgan fingerprint density at radius 1 is 1.30 bits per heavy atom. The molecule has 1 fully saturated rings. The van der Waals surface area contributed by atoms with Gasteiger partial charge in [-0.3, -0.25) is 4.79 Å². The first kappa shape index (κ1) is 16.1. The lowest BCUT2D eigenvalue weighted by Gasteiger charge is -2.07. The molecule has 1 heterocycles. The van der Waals surface area contributed by atoms with Crippen molar-refractivity contribution in [1.82, 2.24) is 15.0 Å². The van der Waals surface area contributed by atoms with Crippen molar-refractivity contribution in [3.63, 3.8) is 0 Å². The van der Waals surface area contributed by atoms with Crippen LogP contribution in [-0.2, 0) is 16.6 Å². The molecule has 2 N–H and O–H groups in total. The fourth-order valence-corrected chi connectivity index (χ4v) is 4.07. The van der Waals surface area contributed by atoms with Gasteiger partial charge in [0.2, 0.25) is 10.0 Å². The molecule has 1 saturated carbocycles.